The Hall–Kier alpha value is -3.94. The topological polar surface area (TPSA) is 86.3 Å². The lowest BCUT2D eigenvalue weighted by Crippen LogP contribution is -2.48. The van der Waals surface area contributed by atoms with E-state index in [0.717, 1.165) is 6.42 Å². The summed E-state index contributed by atoms with van der Waals surface area (Å²) in [6.07, 6.45) is 4.66. The molecule has 1 aliphatic carbocycles. The van der Waals surface area contributed by atoms with E-state index >= 15 is 0 Å². The third-order valence-corrected chi connectivity index (χ3v) is 7.33. The van der Waals surface area contributed by atoms with Gasteiger partial charge in [0, 0.05) is 0 Å². The van der Waals surface area contributed by atoms with Gasteiger partial charge in [-0.3, -0.25) is 14.5 Å². The lowest BCUT2D eigenvalue weighted by Gasteiger charge is -2.33. The van der Waals surface area contributed by atoms with Gasteiger partial charge in [0.05, 0.1) is 34.9 Å². The zero-order chi connectivity index (χ0) is 21.7. The first-order valence-electron chi connectivity index (χ1n) is 10.7. The minimum Gasteiger partial charge on any atom is -0.269 e. The third kappa shape index (κ3) is 2.02. The minimum atomic E-state index is -0.587. The Labute approximate surface area is 181 Å². The van der Waals surface area contributed by atoms with E-state index in [9.17, 15) is 19.2 Å². The molecule has 0 radical (unpaired) electrons. The van der Waals surface area contributed by atoms with E-state index in [0.29, 0.717) is 16.8 Å². The molecule has 8 heteroatoms. The van der Waals surface area contributed by atoms with E-state index in [1.807, 2.05) is 18.2 Å². The Bertz CT molecular complexity index is 1440. The Kier molecular flexibility index (Phi) is 3.24. The molecule has 2 aromatic carbocycles. The van der Waals surface area contributed by atoms with Crippen LogP contribution in [0.3, 0.4) is 0 Å². The second-order valence-corrected chi connectivity index (χ2v) is 8.87. The number of carbonyl (C=O) groups excluding carboxylic acids is 2. The van der Waals surface area contributed by atoms with Crippen molar-refractivity contribution in [1.29, 1.82) is 0 Å². The van der Waals surface area contributed by atoms with Gasteiger partial charge in [0.2, 0.25) is 0 Å². The van der Waals surface area contributed by atoms with Crippen molar-refractivity contribution in [2.45, 2.75) is 24.5 Å². The van der Waals surface area contributed by atoms with Crippen molar-refractivity contribution in [3.05, 3.63) is 98.8 Å². The predicted octanol–water partition coefficient (Wildman–Crippen LogP) is 1.77. The van der Waals surface area contributed by atoms with Gasteiger partial charge in [-0.25, -0.2) is 23.5 Å². The number of para-hydroxylation sites is 1. The number of nitrogens with zero attached hydrogens (tertiary/aromatic N) is 4. The van der Waals surface area contributed by atoms with Crippen LogP contribution in [0.15, 0.2) is 76.3 Å². The van der Waals surface area contributed by atoms with Gasteiger partial charge in [0.15, 0.2) is 0 Å². The first kappa shape index (κ1) is 17.7. The van der Waals surface area contributed by atoms with E-state index in [1.165, 1.54) is 18.8 Å². The molecule has 2 unspecified atom stereocenters. The highest BCUT2D eigenvalue weighted by molar-refractivity contribution is 6.21. The molecule has 158 valence electrons. The number of amides is 2. The van der Waals surface area contributed by atoms with Crippen molar-refractivity contribution < 1.29 is 9.59 Å². The molecule has 32 heavy (non-hydrogen) atoms. The zero-order valence-corrected chi connectivity index (χ0v) is 16.9. The highest BCUT2D eigenvalue weighted by atomic mass is 16.2. The number of hydrogen-bond acceptors (Lipinski definition) is 4. The van der Waals surface area contributed by atoms with Crippen molar-refractivity contribution in [1.82, 2.24) is 18.8 Å². The van der Waals surface area contributed by atoms with Crippen LogP contribution in [0.5, 0.6) is 0 Å². The van der Waals surface area contributed by atoms with Crippen LogP contribution in [0.25, 0.3) is 5.69 Å². The fourth-order valence-electron chi connectivity index (χ4n) is 5.88. The molecule has 4 heterocycles. The van der Waals surface area contributed by atoms with Gasteiger partial charge in [-0.1, -0.05) is 42.5 Å². The molecule has 0 N–H and O–H groups in total. The second-order valence-electron chi connectivity index (χ2n) is 8.87. The number of allylic oxidation sites excluding steroid dienone is 1. The van der Waals surface area contributed by atoms with E-state index in [1.54, 1.807) is 48.5 Å². The first-order valence-corrected chi connectivity index (χ1v) is 10.7. The monoisotopic (exact) mass is 426 g/mol. The largest absolute Gasteiger partial charge is 0.352 e. The summed E-state index contributed by atoms with van der Waals surface area (Å²) in [5, 5.41) is 0. The van der Waals surface area contributed by atoms with E-state index in [2.05, 4.69) is 0 Å². The van der Waals surface area contributed by atoms with Gasteiger partial charge in [-0.05, 0) is 42.5 Å². The molecule has 3 aliphatic heterocycles. The summed E-state index contributed by atoms with van der Waals surface area (Å²) in [5.74, 6) is -0.504. The standard InChI is InChI=1S/C24H18N4O4/c29-21-14-8-4-5-9-15(14)22(30)26(21)20-17-12-16(17)18-10-11-19(20)28-24(32)25(23(31)27(18)28)13-6-2-1-3-7-13/h1-11,16-20H,12H2/t16-,17+,18?,19?,20+/m0/s1. The van der Waals surface area contributed by atoms with E-state index < -0.39 is 23.5 Å². The molecule has 2 bridgehead atoms. The van der Waals surface area contributed by atoms with E-state index in [-0.39, 0.29) is 29.7 Å². The summed E-state index contributed by atoms with van der Waals surface area (Å²) in [6.45, 7) is 0. The Morgan fingerprint density at radius 1 is 0.656 bits per heavy atom. The number of hydrogen-bond donors (Lipinski definition) is 0. The number of rotatable bonds is 2. The highest BCUT2D eigenvalue weighted by Gasteiger charge is 2.60. The molecule has 4 aliphatic rings. The third-order valence-electron chi connectivity index (χ3n) is 7.33. The minimum absolute atomic E-state index is 0.0542. The van der Waals surface area contributed by atoms with Crippen LogP contribution in [0, 0.1) is 11.8 Å². The fraction of sp³-hybridized carbons (Fsp3) is 0.250. The van der Waals surface area contributed by atoms with Gasteiger partial charge in [-0.15, -0.1) is 0 Å². The average molecular weight is 426 g/mol. The molecule has 3 aromatic rings. The quantitative estimate of drug-likeness (QED) is 0.462. The SMILES string of the molecule is O=C1c2ccccc2C(=O)N1[C@H]1C2C=CC([C@H]3C[C@H]31)n1c(=O)n(-c3ccccc3)c(=O)n12. The van der Waals surface area contributed by atoms with Crippen molar-refractivity contribution >= 4 is 11.8 Å². The summed E-state index contributed by atoms with van der Waals surface area (Å²) in [5.41, 5.74) is 0.436. The number of carbonyl (C=O) groups is 2. The van der Waals surface area contributed by atoms with Crippen LogP contribution in [-0.4, -0.2) is 36.7 Å². The molecule has 1 saturated carbocycles. The maximum atomic E-state index is 13.5. The van der Waals surface area contributed by atoms with Crippen LogP contribution in [0.1, 0.15) is 39.2 Å². The number of imide groups is 1. The Balaban J connectivity index is 1.42. The van der Waals surface area contributed by atoms with Crippen LogP contribution in [-0.2, 0) is 0 Å². The number of benzene rings is 2. The van der Waals surface area contributed by atoms with Gasteiger partial charge in [0.25, 0.3) is 11.8 Å². The van der Waals surface area contributed by atoms with Crippen molar-refractivity contribution in [3.8, 4) is 5.69 Å². The van der Waals surface area contributed by atoms with Crippen LogP contribution >= 0.6 is 0 Å². The molecular weight excluding hydrogens is 408 g/mol. The maximum Gasteiger partial charge on any atom is 0.352 e. The van der Waals surface area contributed by atoms with E-state index in [4.69, 9.17) is 0 Å². The van der Waals surface area contributed by atoms with Crippen LogP contribution < -0.4 is 11.4 Å². The molecule has 1 fully saturated rings. The average Bonchev–Trinajstić information content (AvgIpc) is 3.54. The predicted molar refractivity (Wildman–Crippen MR) is 114 cm³/mol. The van der Waals surface area contributed by atoms with Crippen molar-refractivity contribution in [2.24, 2.45) is 11.8 Å². The summed E-state index contributed by atoms with van der Waals surface area (Å²) in [6, 6.07) is 14.3. The Morgan fingerprint density at radius 3 is 1.88 bits per heavy atom. The number of aromatic nitrogens is 3. The zero-order valence-electron chi connectivity index (χ0n) is 16.9. The Morgan fingerprint density at radius 2 is 1.22 bits per heavy atom. The van der Waals surface area contributed by atoms with Crippen molar-refractivity contribution in [2.75, 3.05) is 0 Å². The summed E-state index contributed by atoms with van der Waals surface area (Å²) < 4.78 is 4.17. The summed E-state index contributed by atoms with van der Waals surface area (Å²) in [4.78, 5) is 54.8. The molecule has 1 aromatic heterocycles. The van der Waals surface area contributed by atoms with Gasteiger partial charge >= 0.3 is 11.4 Å². The highest BCUT2D eigenvalue weighted by Crippen LogP contribution is 2.57. The van der Waals surface area contributed by atoms with Gasteiger partial charge in [0.1, 0.15) is 0 Å². The molecule has 7 rings (SSSR count). The molecule has 0 spiro atoms. The summed E-state index contributed by atoms with van der Waals surface area (Å²) >= 11 is 0. The fourth-order valence-corrected chi connectivity index (χ4v) is 5.88. The summed E-state index contributed by atoms with van der Waals surface area (Å²) in [7, 11) is 0. The van der Waals surface area contributed by atoms with Gasteiger partial charge in [-0.2, -0.15) is 0 Å². The smallest absolute Gasteiger partial charge is 0.269 e. The normalized spacial score (nSPS) is 29.0. The maximum absolute atomic E-state index is 13.5. The molecule has 2 amide bonds. The molecule has 8 nitrogen and oxygen atoms in total. The molecule has 0 saturated heterocycles. The first-order chi connectivity index (χ1) is 15.6. The van der Waals surface area contributed by atoms with Crippen molar-refractivity contribution in [3.63, 3.8) is 0 Å². The second kappa shape index (κ2) is 5.85. The van der Waals surface area contributed by atoms with Crippen LogP contribution in [0.4, 0.5) is 0 Å². The van der Waals surface area contributed by atoms with Crippen LogP contribution in [0.2, 0.25) is 0 Å². The van der Waals surface area contributed by atoms with Gasteiger partial charge < -0.3 is 0 Å². The lowest BCUT2D eigenvalue weighted by atomic mass is 10.0. The lowest BCUT2D eigenvalue weighted by molar-refractivity contribution is 0.0517. The molecular formula is C24H18N4O4. The molecule has 5 atom stereocenters. The number of fused-ring (bicyclic) bond motifs is 3.